The molecule has 1 heterocycles. The van der Waals surface area contributed by atoms with E-state index < -0.39 is 29.5 Å². The third-order valence-electron chi connectivity index (χ3n) is 4.27. The predicted octanol–water partition coefficient (Wildman–Crippen LogP) is 4.03. The van der Waals surface area contributed by atoms with Gasteiger partial charge in [0.2, 0.25) is 5.91 Å². The third kappa shape index (κ3) is 4.57. The van der Waals surface area contributed by atoms with Gasteiger partial charge < -0.3 is 9.88 Å². The number of aromatic nitrogens is 2. The van der Waals surface area contributed by atoms with Gasteiger partial charge in [0.15, 0.2) is 0 Å². The fourth-order valence-electron chi connectivity index (χ4n) is 2.82. The van der Waals surface area contributed by atoms with E-state index in [0.29, 0.717) is 17.0 Å². The number of alkyl halides is 3. The van der Waals surface area contributed by atoms with Crippen LogP contribution in [0.25, 0.3) is 0 Å². The van der Waals surface area contributed by atoms with Gasteiger partial charge in [-0.05, 0) is 35.4 Å². The number of amides is 1. The number of aryl methyl sites for hydroxylation is 1. The molecule has 3 aromatic rings. The van der Waals surface area contributed by atoms with E-state index >= 15 is 0 Å². The number of hydrogen-bond donors (Lipinski definition) is 1. The molecule has 0 saturated carbocycles. The van der Waals surface area contributed by atoms with E-state index in [1.165, 1.54) is 24.3 Å². The van der Waals surface area contributed by atoms with Crippen molar-refractivity contribution >= 4 is 5.91 Å². The lowest BCUT2D eigenvalue weighted by Gasteiger charge is -2.19. The molecule has 4 nitrogen and oxygen atoms in total. The van der Waals surface area contributed by atoms with Gasteiger partial charge in [-0.1, -0.05) is 24.3 Å². The zero-order valence-electron chi connectivity index (χ0n) is 14.9. The number of rotatable bonds is 5. The lowest BCUT2D eigenvalue weighted by molar-refractivity contribution is -0.137. The Kier molecular flexibility index (Phi) is 5.48. The van der Waals surface area contributed by atoms with Crippen molar-refractivity contribution < 1.29 is 22.4 Å². The van der Waals surface area contributed by atoms with Crippen molar-refractivity contribution in [2.45, 2.75) is 18.6 Å². The van der Waals surface area contributed by atoms with Crippen LogP contribution in [0.2, 0.25) is 0 Å². The summed E-state index contributed by atoms with van der Waals surface area (Å²) in [5.74, 6) is -0.247. The van der Waals surface area contributed by atoms with Gasteiger partial charge in [-0.25, -0.2) is 9.37 Å². The number of nitrogens with zero attached hydrogens (tertiary/aromatic N) is 2. The van der Waals surface area contributed by atoms with Gasteiger partial charge >= 0.3 is 6.18 Å². The Morgan fingerprint density at radius 3 is 2.29 bits per heavy atom. The second kappa shape index (κ2) is 7.84. The summed E-state index contributed by atoms with van der Waals surface area (Å²) in [7, 11) is 1.76. The van der Waals surface area contributed by atoms with Crippen LogP contribution in [0.3, 0.4) is 0 Å². The van der Waals surface area contributed by atoms with Crippen molar-refractivity contribution in [1.29, 1.82) is 0 Å². The molecule has 1 unspecified atom stereocenters. The van der Waals surface area contributed by atoms with Gasteiger partial charge in [-0.3, -0.25) is 4.79 Å². The summed E-state index contributed by atoms with van der Waals surface area (Å²) in [6, 6.07) is 9.48. The Hall–Kier alpha value is -3.16. The molecule has 3 rings (SSSR count). The second-order valence-corrected chi connectivity index (χ2v) is 6.32. The molecule has 0 aliphatic heterocycles. The number of nitrogens with one attached hydrogen (secondary N) is 1. The van der Waals surface area contributed by atoms with Crippen molar-refractivity contribution in [3.63, 3.8) is 0 Å². The summed E-state index contributed by atoms with van der Waals surface area (Å²) in [5.41, 5.74) is 0.313. The first-order valence-corrected chi connectivity index (χ1v) is 8.42. The Balaban J connectivity index is 1.78. The fraction of sp³-hybridized carbons (Fsp3) is 0.200. The van der Waals surface area contributed by atoms with Crippen LogP contribution in [0.15, 0.2) is 60.9 Å². The molecule has 0 bridgehead atoms. The zero-order chi connectivity index (χ0) is 20.3. The molecule has 0 saturated heterocycles. The summed E-state index contributed by atoms with van der Waals surface area (Å²) in [6.45, 7) is 0. The van der Waals surface area contributed by atoms with Crippen LogP contribution in [0, 0.1) is 5.82 Å². The van der Waals surface area contributed by atoms with E-state index in [4.69, 9.17) is 0 Å². The van der Waals surface area contributed by atoms with Crippen molar-refractivity contribution in [3.8, 4) is 0 Å². The highest BCUT2D eigenvalue weighted by atomic mass is 19.4. The molecule has 1 amide bonds. The van der Waals surface area contributed by atoms with Crippen LogP contribution in [0.5, 0.6) is 0 Å². The molecule has 0 aliphatic carbocycles. The Morgan fingerprint density at radius 2 is 1.75 bits per heavy atom. The number of benzene rings is 2. The van der Waals surface area contributed by atoms with E-state index in [9.17, 15) is 22.4 Å². The first-order valence-electron chi connectivity index (χ1n) is 8.42. The minimum Gasteiger partial charge on any atom is -0.342 e. The van der Waals surface area contributed by atoms with Gasteiger partial charge in [0.05, 0.1) is 12.0 Å². The fourth-order valence-corrected chi connectivity index (χ4v) is 2.82. The van der Waals surface area contributed by atoms with Crippen LogP contribution in [-0.2, 0) is 24.4 Å². The van der Waals surface area contributed by atoms with Crippen LogP contribution in [-0.4, -0.2) is 15.5 Å². The largest absolute Gasteiger partial charge is 0.416 e. The smallest absolute Gasteiger partial charge is 0.342 e. The van der Waals surface area contributed by atoms with Crippen LogP contribution in [0.1, 0.15) is 28.6 Å². The maximum atomic E-state index is 13.3. The summed E-state index contributed by atoms with van der Waals surface area (Å²) in [5, 5.41) is 2.82. The lowest BCUT2D eigenvalue weighted by Crippen LogP contribution is -2.32. The van der Waals surface area contributed by atoms with Gasteiger partial charge in [0, 0.05) is 19.4 Å². The van der Waals surface area contributed by atoms with Crippen LogP contribution >= 0.6 is 0 Å². The average molecular weight is 391 g/mol. The highest BCUT2D eigenvalue weighted by molar-refractivity contribution is 5.79. The normalized spacial score (nSPS) is 12.6. The van der Waals surface area contributed by atoms with Gasteiger partial charge in [0.1, 0.15) is 17.7 Å². The maximum absolute atomic E-state index is 13.3. The summed E-state index contributed by atoms with van der Waals surface area (Å²) in [4.78, 5) is 16.8. The second-order valence-electron chi connectivity index (χ2n) is 6.32. The molecule has 8 heteroatoms. The molecular weight excluding hydrogens is 374 g/mol. The molecule has 0 aliphatic rings. The van der Waals surface area contributed by atoms with Gasteiger partial charge in [-0.15, -0.1) is 0 Å². The van der Waals surface area contributed by atoms with E-state index in [1.807, 2.05) is 0 Å². The van der Waals surface area contributed by atoms with Crippen molar-refractivity contribution in [3.05, 3.63) is 89.3 Å². The Bertz CT molecular complexity index is 947. The minimum absolute atomic E-state index is 0.0970. The quantitative estimate of drug-likeness (QED) is 0.668. The van der Waals surface area contributed by atoms with E-state index in [0.717, 1.165) is 12.1 Å². The van der Waals surface area contributed by atoms with Crippen LogP contribution in [0.4, 0.5) is 17.6 Å². The summed E-state index contributed by atoms with van der Waals surface area (Å²) < 4.78 is 52.9. The van der Waals surface area contributed by atoms with E-state index in [1.54, 1.807) is 36.1 Å². The molecule has 146 valence electrons. The van der Waals surface area contributed by atoms with Gasteiger partial charge in [-0.2, -0.15) is 13.2 Å². The van der Waals surface area contributed by atoms with E-state index in [-0.39, 0.29) is 6.42 Å². The Morgan fingerprint density at radius 1 is 1.11 bits per heavy atom. The number of imidazole rings is 1. The standard InChI is InChI=1S/C20H17F4N3O/c1-27-11-10-25-19(27)18(14-4-8-16(21)9-5-14)26-17(28)12-13-2-6-15(7-3-13)20(22,23)24/h2-11,18H,12H2,1H3,(H,26,28). The summed E-state index contributed by atoms with van der Waals surface area (Å²) in [6.07, 6.45) is -1.23. The highest BCUT2D eigenvalue weighted by Crippen LogP contribution is 2.29. The SMILES string of the molecule is Cn1ccnc1C(NC(=O)Cc1ccc(C(F)(F)F)cc1)c1ccc(F)cc1. The molecule has 1 aromatic heterocycles. The number of halogens is 4. The number of carbonyl (C=O) groups excluding carboxylic acids is 1. The highest BCUT2D eigenvalue weighted by Gasteiger charge is 2.30. The molecule has 0 fully saturated rings. The molecule has 0 radical (unpaired) electrons. The molecule has 0 spiro atoms. The predicted molar refractivity (Wildman–Crippen MR) is 94.7 cm³/mol. The Labute approximate surface area is 158 Å². The van der Waals surface area contributed by atoms with Gasteiger partial charge in [0.25, 0.3) is 0 Å². The molecule has 28 heavy (non-hydrogen) atoms. The molecule has 1 atom stereocenters. The van der Waals surface area contributed by atoms with E-state index in [2.05, 4.69) is 10.3 Å². The van der Waals surface area contributed by atoms with Crippen molar-refractivity contribution in [2.24, 2.45) is 7.05 Å². The average Bonchev–Trinajstić information content (AvgIpc) is 3.06. The number of hydrogen-bond acceptors (Lipinski definition) is 2. The topological polar surface area (TPSA) is 46.9 Å². The zero-order valence-corrected chi connectivity index (χ0v) is 14.9. The molecule has 1 N–H and O–H groups in total. The third-order valence-corrected chi connectivity index (χ3v) is 4.27. The van der Waals surface area contributed by atoms with Crippen LogP contribution < -0.4 is 5.32 Å². The number of carbonyl (C=O) groups is 1. The first-order chi connectivity index (χ1) is 13.2. The molecular formula is C20H17F4N3O. The minimum atomic E-state index is -4.42. The van der Waals surface area contributed by atoms with Crippen molar-refractivity contribution in [2.75, 3.05) is 0 Å². The van der Waals surface area contributed by atoms with Crippen molar-refractivity contribution in [1.82, 2.24) is 14.9 Å². The first kappa shape index (κ1) is 19.6. The maximum Gasteiger partial charge on any atom is 0.416 e. The lowest BCUT2D eigenvalue weighted by atomic mass is 10.0. The molecule has 2 aromatic carbocycles. The monoisotopic (exact) mass is 391 g/mol. The summed E-state index contributed by atoms with van der Waals surface area (Å²) >= 11 is 0.